The molecule has 2 rings (SSSR count). The lowest BCUT2D eigenvalue weighted by Gasteiger charge is -2.29. The van der Waals surface area contributed by atoms with E-state index < -0.39 is 0 Å². The van der Waals surface area contributed by atoms with Gasteiger partial charge < -0.3 is 10.1 Å². The lowest BCUT2D eigenvalue weighted by Crippen LogP contribution is -2.40. The topological polar surface area (TPSA) is 61.8 Å². The Morgan fingerprint density at radius 1 is 1.69 bits per heavy atom. The summed E-state index contributed by atoms with van der Waals surface area (Å²) in [5, 5.41) is 12.8. The number of amides is 1. The first kappa shape index (κ1) is 8.58. The number of halogens is 1. The van der Waals surface area contributed by atoms with Crippen LogP contribution >= 0.6 is 15.9 Å². The van der Waals surface area contributed by atoms with Crippen molar-refractivity contribution < 1.29 is 14.7 Å². The third kappa shape index (κ3) is 1.42. The summed E-state index contributed by atoms with van der Waals surface area (Å²) >= 11 is 3.13. The lowest BCUT2D eigenvalue weighted by atomic mass is 10.2. The molecule has 0 saturated heterocycles. The molecule has 0 bridgehead atoms. The zero-order valence-corrected chi connectivity index (χ0v) is 8.17. The molecule has 0 spiro atoms. The van der Waals surface area contributed by atoms with E-state index in [0.717, 1.165) is 5.06 Å². The minimum absolute atomic E-state index is 0.0120. The Bertz CT molecular complexity index is 324. The van der Waals surface area contributed by atoms with Crippen molar-refractivity contribution in [3.8, 4) is 0 Å². The molecule has 0 fully saturated rings. The number of hydrogen-bond acceptors (Lipinski definition) is 4. The van der Waals surface area contributed by atoms with Gasteiger partial charge in [0.25, 0.3) is 5.91 Å². The first-order chi connectivity index (χ1) is 6.18. The standard InChI is InChI=1S/C7H7BrN2O3/c8-5-2-1-4-7(10(5)12)9-6(11)3-13-4/h2,12H,1,3H2,(H,9,11). The van der Waals surface area contributed by atoms with Crippen LogP contribution in [0.15, 0.2) is 22.3 Å². The van der Waals surface area contributed by atoms with E-state index in [-0.39, 0.29) is 12.5 Å². The Morgan fingerprint density at radius 3 is 3.23 bits per heavy atom. The van der Waals surface area contributed by atoms with E-state index >= 15 is 0 Å². The maximum atomic E-state index is 10.9. The van der Waals surface area contributed by atoms with Crippen LogP contribution in [0.5, 0.6) is 0 Å². The summed E-state index contributed by atoms with van der Waals surface area (Å²) in [6, 6.07) is 0. The summed E-state index contributed by atoms with van der Waals surface area (Å²) in [4.78, 5) is 10.9. The van der Waals surface area contributed by atoms with Gasteiger partial charge in [-0.1, -0.05) is 0 Å². The highest BCUT2D eigenvalue weighted by atomic mass is 79.9. The summed E-state index contributed by atoms with van der Waals surface area (Å²) in [5.74, 6) is 0.607. The largest absolute Gasteiger partial charge is 0.484 e. The van der Waals surface area contributed by atoms with Crippen molar-refractivity contribution in [3.05, 3.63) is 22.3 Å². The second kappa shape index (κ2) is 3.04. The number of ether oxygens (including phenoxy) is 1. The third-order valence-electron chi connectivity index (χ3n) is 1.77. The highest BCUT2D eigenvalue weighted by Gasteiger charge is 2.27. The molecule has 2 aliphatic rings. The lowest BCUT2D eigenvalue weighted by molar-refractivity contribution is -0.129. The zero-order chi connectivity index (χ0) is 9.42. The Balaban J connectivity index is 2.29. The maximum absolute atomic E-state index is 10.9. The van der Waals surface area contributed by atoms with Gasteiger partial charge in [-0.05, 0) is 22.0 Å². The van der Waals surface area contributed by atoms with Crippen molar-refractivity contribution in [2.24, 2.45) is 0 Å². The molecule has 0 aliphatic carbocycles. The number of hydroxylamine groups is 2. The van der Waals surface area contributed by atoms with Gasteiger partial charge in [-0.2, -0.15) is 5.06 Å². The van der Waals surface area contributed by atoms with E-state index in [4.69, 9.17) is 4.74 Å². The molecule has 1 amide bonds. The number of carbonyl (C=O) groups is 1. The minimum atomic E-state index is -0.264. The zero-order valence-electron chi connectivity index (χ0n) is 6.58. The molecule has 13 heavy (non-hydrogen) atoms. The molecule has 0 aromatic rings. The third-order valence-corrected chi connectivity index (χ3v) is 2.43. The molecule has 6 heteroatoms. The molecule has 0 atom stereocenters. The van der Waals surface area contributed by atoms with Gasteiger partial charge in [0.15, 0.2) is 12.4 Å². The molecule has 0 saturated carbocycles. The number of rotatable bonds is 0. The van der Waals surface area contributed by atoms with Crippen LogP contribution in [0.2, 0.25) is 0 Å². The van der Waals surface area contributed by atoms with Crippen LogP contribution in [-0.4, -0.2) is 22.8 Å². The number of nitrogens with one attached hydrogen (secondary N) is 1. The van der Waals surface area contributed by atoms with Gasteiger partial charge in [0.05, 0.1) is 0 Å². The van der Waals surface area contributed by atoms with Gasteiger partial charge in [0.2, 0.25) is 0 Å². The first-order valence-corrected chi connectivity index (χ1v) is 4.48. The molecule has 70 valence electrons. The van der Waals surface area contributed by atoms with Gasteiger partial charge in [0.1, 0.15) is 10.4 Å². The van der Waals surface area contributed by atoms with Crippen molar-refractivity contribution in [3.63, 3.8) is 0 Å². The van der Waals surface area contributed by atoms with Crippen LogP contribution in [0.4, 0.5) is 0 Å². The number of hydrogen-bond donors (Lipinski definition) is 2. The van der Waals surface area contributed by atoms with E-state index in [0.29, 0.717) is 22.6 Å². The number of allylic oxidation sites excluding steroid dienone is 1. The predicted octanol–water partition coefficient (Wildman–Crippen LogP) is 0.633. The van der Waals surface area contributed by atoms with Crippen LogP contribution in [0, 0.1) is 0 Å². The number of nitrogens with zero attached hydrogens (tertiary/aromatic N) is 1. The van der Waals surface area contributed by atoms with Crippen molar-refractivity contribution in [2.75, 3.05) is 6.61 Å². The molecule has 5 nitrogen and oxygen atoms in total. The Morgan fingerprint density at radius 2 is 2.46 bits per heavy atom. The smallest absolute Gasteiger partial charge is 0.263 e. The number of carbonyl (C=O) groups excluding carboxylic acids is 1. The Hall–Kier alpha value is -1.01. The van der Waals surface area contributed by atoms with Gasteiger partial charge >= 0.3 is 0 Å². The molecule has 0 aromatic carbocycles. The normalized spacial score (nSPS) is 21.8. The Labute approximate surface area is 82.7 Å². The quantitative estimate of drug-likeness (QED) is 0.616. The minimum Gasteiger partial charge on any atom is -0.484 e. The van der Waals surface area contributed by atoms with E-state index in [2.05, 4.69) is 21.2 Å². The fraction of sp³-hybridized carbons (Fsp3) is 0.286. The predicted molar refractivity (Wildman–Crippen MR) is 46.4 cm³/mol. The van der Waals surface area contributed by atoms with Crippen molar-refractivity contribution in [1.29, 1.82) is 0 Å². The van der Waals surface area contributed by atoms with Crippen molar-refractivity contribution >= 4 is 21.8 Å². The van der Waals surface area contributed by atoms with Gasteiger partial charge in [0, 0.05) is 6.42 Å². The van der Waals surface area contributed by atoms with Gasteiger partial charge in [-0.25, -0.2) is 0 Å². The second-order valence-electron chi connectivity index (χ2n) is 2.65. The summed E-state index contributed by atoms with van der Waals surface area (Å²) in [7, 11) is 0. The van der Waals surface area contributed by atoms with Crippen molar-refractivity contribution in [2.45, 2.75) is 6.42 Å². The van der Waals surface area contributed by atoms with E-state index in [1.54, 1.807) is 6.08 Å². The first-order valence-electron chi connectivity index (χ1n) is 3.69. The fourth-order valence-electron chi connectivity index (χ4n) is 1.16. The molecule has 0 radical (unpaired) electrons. The summed E-state index contributed by atoms with van der Waals surface area (Å²) in [5.41, 5.74) is 0. The van der Waals surface area contributed by atoms with Gasteiger partial charge in [-0.3, -0.25) is 10.0 Å². The fourth-order valence-corrected chi connectivity index (χ4v) is 1.49. The SMILES string of the molecule is O=C1COC2=C(N1)N(O)C(Br)=CC2. The van der Waals surface area contributed by atoms with E-state index in [1.165, 1.54) is 0 Å². The summed E-state index contributed by atoms with van der Waals surface area (Å²) < 4.78 is 5.61. The summed E-state index contributed by atoms with van der Waals surface area (Å²) in [6.45, 7) is 0.0120. The molecular formula is C7H7BrN2O3. The van der Waals surface area contributed by atoms with Crippen LogP contribution in [0.3, 0.4) is 0 Å². The Kier molecular flexibility index (Phi) is 2.01. The monoisotopic (exact) mass is 246 g/mol. The van der Waals surface area contributed by atoms with Crippen LogP contribution in [0.1, 0.15) is 6.42 Å². The molecule has 0 aromatic heterocycles. The van der Waals surface area contributed by atoms with Crippen LogP contribution in [-0.2, 0) is 9.53 Å². The van der Waals surface area contributed by atoms with E-state index in [9.17, 15) is 10.0 Å². The average Bonchev–Trinajstić information content (AvgIpc) is 2.12. The van der Waals surface area contributed by atoms with E-state index in [1.807, 2.05) is 0 Å². The highest BCUT2D eigenvalue weighted by molar-refractivity contribution is 9.11. The summed E-state index contributed by atoms with van der Waals surface area (Å²) in [6.07, 6.45) is 2.31. The van der Waals surface area contributed by atoms with Crippen LogP contribution < -0.4 is 5.32 Å². The highest BCUT2D eigenvalue weighted by Crippen LogP contribution is 2.27. The molecular weight excluding hydrogens is 240 g/mol. The molecule has 2 heterocycles. The van der Waals surface area contributed by atoms with Gasteiger partial charge in [-0.15, -0.1) is 0 Å². The molecule has 2 aliphatic heterocycles. The molecule has 0 unspecified atom stereocenters. The maximum Gasteiger partial charge on any atom is 0.263 e. The second-order valence-corrected chi connectivity index (χ2v) is 3.46. The van der Waals surface area contributed by atoms with Crippen molar-refractivity contribution in [1.82, 2.24) is 10.4 Å². The molecule has 2 N–H and O–H groups in total. The van der Waals surface area contributed by atoms with Crippen LogP contribution in [0.25, 0.3) is 0 Å². The average molecular weight is 247 g/mol.